The number of hydrogen-bond donors (Lipinski definition) is 0. The minimum Gasteiger partial charge on any atom is -0.350 e. The number of anilines is 1. The average molecular weight is 353 g/mol. The van der Waals surface area contributed by atoms with Gasteiger partial charge in [-0.25, -0.2) is 9.37 Å². The first kappa shape index (κ1) is 16.5. The van der Waals surface area contributed by atoms with Crippen molar-refractivity contribution < 1.29 is 9.18 Å². The summed E-state index contributed by atoms with van der Waals surface area (Å²) in [6, 6.07) is 11.0. The number of carbonyl (C=O) groups excluding carboxylic acids is 1. The Morgan fingerprint density at radius 2 is 2.08 bits per heavy atom. The molecule has 1 aromatic carbocycles. The molecule has 6 nitrogen and oxygen atoms in total. The molecule has 0 aliphatic carbocycles. The van der Waals surface area contributed by atoms with Gasteiger partial charge in [0.25, 0.3) is 0 Å². The van der Waals surface area contributed by atoms with Crippen molar-refractivity contribution in [1.29, 1.82) is 0 Å². The summed E-state index contributed by atoms with van der Waals surface area (Å²) in [7, 11) is 0. The quantitative estimate of drug-likeness (QED) is 0.725. The number of nitrogens with zero attached hydrogens (tertiary/aromatic N) is 5. The first-order valence-electron chi connectivity index (χ1n) is 8.68. The molecule has 1 amide bonds. The van der Waals surface area contributed by atoms with Crippen LogP contribution in [0.5, 0.6) is 0 Å². The van der Waals surface area contributed by atoms with Crippen LogP contribution >= 0.6 is 0 Å². The number of fused-ring (bicyclic) bond motifs is 1. The first-order valence-corrected chi connectivity index (χ1v) is 8.68. The van der Waals surface area contributed by atoms with E-state index in [-0.39, 0.29) is 24.3 Å². The standard InChI is InChI=1S/C19H20FN5O/c1-14-11-23(8-9-25(14)18-7-6-16(20)10-21-18)19(26)13-24-12-15-4-2-3-5-17(15)22-24/h2-7,10,12,14H,8-9,11,13H2,1H3. The predicted molar refractivity (Wildman–Crippen MR) is 97.3 cm³/mol. The molecule has 7 heteroatoms. The Morgan fingerprint density at radius 1 is 1.23 bits per heavy atom. The van der Waals surface area contributed by atoms with Gasteiger partial charge in [0.1, 0.15) is 18.2 Å². The van der Waals surface area contributed by atoms with Crippen LogP contribution in [-0.2, 0) is 11.3 Å². The van der Waals surface area contributed by atoms with Crippen LogP contribution < -0.4 is 4.90 Å². The zero-order valence-electron chi connectivity index (χ0n) is 14.5. The molecule has 0 saturated carbocycles. The van der Waals surface area contributed by atoms with Gasteiger partial charge < -0.3 is 9.80 Å². The summed E-state index contributed by atoms with van der Waals surface area (Å²) in [4.78, 5) is 20.8. The van der Waals surface area contributed by atoms with E-state index < -0.39 is 0 Å². The van der Waals surface area contributed by atoms with E-state index in [1.165, 1.54) is 12.3 Å². The Hall–Kier alpha value is -2.96. The Bertz CT molecular complexity index is 890. The molecule has 0 N–H and O–H groups in total. The van der Waals surface area contributed by atoms with Crippen LogP contribution in [0.1, 0.15) is 6.92 Å². The minimum absolute atomic E-state index is 0.0522. The fraction of sp³-hybridized carbons (Fsp3) is 0.316. The van der Waals surface area contributed by atoms with Crippen molar-refractivity contribution in [3.8, 4) is 0 Å². The lowest BCUT2D eigenvalue weighted by Crippen LogP contribution is -2.54. The number of hydrogen-bond acceptors (Lipinski definition) is 4. The highest BCUT2D eigenvalue weighted by Gasteiger charge is 2.27. The largest absolute Gasteiger partial charge is 0.350 e. The van der Waals surface area contributed by atoms with Gasteiger partial charge in [0, 0.05) is 37.3 Å². The van der Waals surface area contributed by atoms with Gasteiger partial charge in [0.2, 0.25) is 5.91 Å². The summed E-state index contributed by atoms with van der Waals surface area (Å²) >= 11 is 0. The van der Waals surface area contributed by atoms with E-state index in [9.17, 15) is 9.18 Å². The average Bonchev–Trinajstić information content (AvgIpc) is 3.04. The lowest BCUT2D eigenvalue weighted by Gasteiger charge is -2.40. The highest BCUT2D eigenvalue weighted by molar-refractivity contribution is 5.80. The Labute approximate surface area is 150 Å². The molecule has 2 aromatic heterocycles. The van der Waals surface area contributed by atoms with Gasteiger partial charge in [-0.15, -0.1) is 0 Å². The lowest BCUT2D eigenvalue weighted by atomic mass is 10.2. The van der Waals surface area contributed by atoms with Gasteiger partial charge in [-0.05, 0) is 25.1 Å². The van der Waals surface area contributed by atoms with Crippen LogP contribution in [0.15, 0.2) is 48.8 Å². The van der Waals surface area contributed by atoms with E-state index in [4.69, 9.17) is 0 Å². The van der Waals surface area contributed by atoms with Crippen molar-refractivity contribution in [1.82, 2.24) is 19.7 Å². The van der Waals surface area contributed by atoms with Gasteiger partial charge in [-0.3, -0.25) is 9.48 Å². The number of halogens is 1. The van der Waals surface area contributed by atoms with E-state index in [1.54, 1.807) is 10.7 Å². The Balaban J connectivity index is 1.41. The third-order valence-electron chi connectivity index (χ3n) is 4.74. The maximum absolute atomic E-state index is 13.1. The maximum atomic E-state index is 13.1. The number of rotatable bonds is 3. The van der Waals surface area contributed by atoms with Gasteiger partial charge in [-0.2, -0.15) is 5.10 Å². The van der Waals surface area contributed by atoms with Crippen LogP contribution in [-0.4, -0.2) is 51.2 Å². The van der Waals surface area contributed by atoms with Gasteiger partial charge in [0.05, 0.1) is 11.7 Å². The second kappa shape index (κ2) is 6.74. The van der Waals surface area contributed by atoms with E-state index in [2.05, 4.69) is 15.0 Å². The topological polar surface area (TPSA) is 54.3 Å². The monoisotopic (exact) mass is 353 g/mol. The molecule has 1 unspecified atom stereocenters. The van der Waals surface area contributed by atoms with Crippen LogP contribution in [0.25, 0.3) is 10.9 Å². The Kier molecular flexibility index (Phi) is 4.28. The maximum Gasteiger partial charge on any atom is 0.244 e. The number of carbonyl (C=O) groups is 1. The second-order valence-electron chi connectivity index (χ2n) is 6.60. The molecular weight excluding hydrogens is 333 g/mol. The van der Waals surface area contributed by atoms with E-state index >= 15 is 0 Å². The molecule has 3 heterocycles. The second-order valence-corrected chi connectivity index (χ2v) is 6.60. The predicted octanol–water partition coefficient (Wildman–Crippen LogP) is 2.31. The van der Waals surface area contributed by atoms with Crippen LogP contribution in [0, 0.1) is 5.82 Å². The number of benzene rings is 1. The summed E-state index contributed by atoms with van der Waals surface area (Å²) in [5.74, 6) is 0.447. The van der Waals surface area contributed by atoms with E-state index in [1.807, 2.05) is 42.3 Å². The summed E-state index contributed by atoms with van der Waals surface area (Å²) in [5, 5.41) is 5.48. The van der Waals surface area contributed by atoms with Crippen molar-refractivity contribution in [3.63, 3.8) is 0 Å². The van der Waals surface area contributed by atoms with Crippen molar-refractivity contribution in [2.45, 2.75) is 19.5 Å². The van der Waals surface area contributed by atoms with E-state index in [0.29, 0.717) is 19.6 Å². The number of piperazine rings is 1. The van der Waals surface area contributed by atoms with Crippen LogP contribution in [0.2, 0.25) is 0 Å². The van der Waals surface area contributed by atoms with E-state index in [0.717, 1.165) is 16.7 Å². The molecule has 134 valence electrons. The molecule has 26 heavy (non-hydrogen) atoms. The summed E-state index contributed by atoms with van der Waals surface area (Å²) in [6.45, 7) is 4.18. The highest BCUT2D eigenvalue weighted by Crippen LogP contribution is 2.19. The number of amides is 1. The summed E-state index contributed by atoms with van der Waals surface area (Å²) < 4.78 is 14.8. The molecule has 1 saturated heterocycles. The molecule has 1 fully saturated rings. The number of aromatic nitrogens is 3. The molecule has 0 spiro atoms. The summed E-state index contributed by atoms with van der Waals surface area (Å²) in [5.41, 5.74) is 0.890. The molecule has 1 atom stereocenters. The van der Waals surface area contributed by atoms with Crippen LogP contribution in [0.3, 0.4) is 0 Å². The summed E-state index contributed by atoms with van der Waals surface area (Å²) in [6.07, 6.45) is 3.12. The third kappa shape index (κ3) is 3.24. The smallest absolute Gasteiger partial charge is 0.244 e. The zero-order chi connectivity index (χ0) is 18.1. The fourth-order valence-electron chi connectivity index (χ4n) is 3.40. The van der Waals surface area contributed by atoms with Gasteiger partial charge in [0.15, 0.2) is 0 Å². The normalized spacial score (nSPS) is 17.7. The lowest BCUT2D eigenvalue weighted by molar-refractivity contribution is -0.132. The fourth-order valence-corrected chi connectivity index (χ4v) is 3.40. The van der Waals surface area contributed by atoms with Crippen LogP contribution in [0.4, 0.5) is 10.2 Å². The molecule has 3 aromatic rings. The molecule has 1 aliphatic rings. The molecule has 1 aliphatic heterocycles. The highest BCUT2D eigenvalue weighted by atomic mass is 19.1. The number of pyridine rings is 1. The molecular formula is C19H20FN5O. The molecule has 0 bridgehead atoms. The van der Waals surface area contributed by atoms with Gasteiger partial charge >= 0.3 is 0 Å². The van der Waals surface area contributed by atoms with Crippen molar-refractivity contribution in [2.75, 3.05) is 24.5 Å². The van der Waals surface area contributed by atoms with Crippen molar-refractivity contribution in [2.24, 2.45) is 0 Å². The first-order chi connectivity index (χ1) is 12.6. The molecule has 0 radical (unpaired) electrons. The third-order valence-corrected chi connectivity index (χ3v) is 4.74. The van der Waals surface area contributed by atoms with Crippen molar-refractivity contribution in [3.05, 3.63) is 54.6 Å². The SMILES string of the molecule is CC1CN(C(=O)Cn2cc3ccccc3n2)CCN1c1ccc(F)cn1. The van der Waals surface area contributed by atoms with Crippen molar-refractivity contribution >= 4 is 22.6 Å². The Morgan fingerprint density at radius 3 is 2.81 bits per heavy atom. The minimum atomic E-state index is -0.346. The zero-order valence-corrected chi connectivity index (χ0v) is 14.5. The van der Waals surface area contributed by atoms with Gasteiger partial charge in [-0.1, -0.05) is 18.2 Å². The molecule has 4 rings (SSSR count).